The van der Waals surface area contributed by atoms with E-state index in [9.17, 15) is 0 Å². The molecule has 0 saturated heterocycles. The minimum Gasteiger partial charge on any atom is -0.488 e. The van der Waals surface area contributed by atoms with Gasteiger partial charge in [-0.3, -0.25) is 0 Å². The van der Waals surface area contributed by atoms with Crippen LogP contribution in [-0.4, -0.2) is 11.4 Å². The summed E-state index contributed by atoms with van der Waals surface area (Å²) in [6, 6.07) is 17.3. The Bertz CT molecular complexity index is 495. The highest BCUT2D eigenvalue weighted by Gasteiger charge is 2.00. The van der Waals surface area contributed by atoms with Gasteiger partial charge in [0.25, 0.3) is 0 Å². The fraction of sp³-hybridized carbons (Fsp3) is 0.0714. The summed E-state index contributed by atoms with van der Waals surface area (Å²) in [6.45, 7) is 0.497. The quantitative estimate of drug-likeness (QED) is 0.495. The zero-order valence-electron chi connectivity index (χ0n) is 9.28. The van der Waals surface area contributed by atoms with Crippen LogP contribution in [0.25, 0.3) is 0 Å². The standard InChI is InChI=1S/C14H13NO2/c16-15-10-13-8-4-5-9-14(13)17-11-12-6-2-1-3-7-12/h1-10,16H,11H2/b15-10-. The van der Waals surface area contributed by atoms with Crippen molar-refractivity contribution in [3.05, 3.63) is 65.7 Å². The maximum absolute atomic E-state index is 8.54. The predicted octanol–water partition coefficient (Wildman–Crippen LogP) is 3.07. The first-order chi connectivity index (χ1) is 8.40. The van der Waals surface area contributed by atoms with Crippen molar-refractivity contribution in [1.29, 1.82) is 0 Å². The zero-order valence-corrected chi connectivity index (χ0v) is 9.28. The minimum absolute atomic E-state index is 0.497. The molecule has 2 rings (SSSR count). The van der Waals surface area contributed by atoms with E-state index in [1.54, 1.807) is 0 Å². The van der Waals surface area contributed by atoms with Gasteiger partial charge < -0.3 is 9.94 Å². The number of para-hydroxylation sites is 1. The molecule has 0 fully saturated rings. The van der Waals surface area contributed by atoms with Crippen LogP contribution in [0.15, 0.2) is 59.8 Å². The van der Waals surface area contributed by atoms with Crippen LogP contribution in [0.3, 0.4) is 0 Å². The minimum atomic E-state index is 0.497. The third-order valence-corrected chi connectivity index (χ3v) is 2.35. The van der Waals surface area contributed by atoms with Crippen molar-refractivity contribution in [3.8, 4) is 5.75 Å². The molecule has 2 aromatic carbocycles. The third kappa shape index (κ3) is 3.08. The number of benzene rings is 2. The van der Waals surface area contributed by atoms with Gasteiger partial charge in [0.15, 0.2) is 0 Å². The Kier molecular flexibility index (Phi) is 3.76. The molecule has 0 aliphatic heterocycles. The van der Waals surface area contributed by atoms with Crippen LogP contribution in [0.5, 0.6) is 5.75 Å². The van der Waals surface area contributed by atoms with Crippen LogP contribution >= 0.6 is 0 Å². The smallest absolute Gasteiger partial charge is 0.128 e. The first-order valence-electron chi connectivity index (χ1n) is 5.33. The fourth-order valence-corrected chi connectivity index (χ4v) is 1.52. The van der Waals surface area contributed by atoms with E-state index in [0.29, 0.717) is 12.4 Å². The van der Waals surface area contributed by atoms with Crippen LogP contribution in [0.2, 0.25) is 0 Å². The van der Waals surface area contributed by atoms with Gasteiger partial charge in [0.1, 0.15) is 12.4 Å². The van der Waals surface area contributed by atoms with Crippen LogP contribution in [0, 0.1) is 0 Å². The molecule has 0 spiro atoms. The molecule has 0 radical (unpaired) electrons. The molecule has 86 valence electrons. The summed E-state index contributed by atoms with van der Waals surface area (Å²) in [6.07, 6.45) is 1.36. The molecule has 0 heterocycles. The topological polar surface area (TPSA) is 41.8 Å². The second kappa shape index (κ2) is 5.70. The van der Waals surface area contributed by atoms with Crippen LogP contribution in [0.1, 0.15) is 11.1 Å². The highest BCUT2D eigenvalue weighted by Crippen LogP contribution is 2.17. The van der Waals surface area contributed by atoms with Crippen molar-refractivity contribution >= 4 is 6.21 Å². The highest BCUT2D eigenvalue weighted by atomic mass is 16.5. The largest absolute Gasteiger partial charge is 0.488 e. The normalized spacial score (nSPS) is 10.6. The van der Waals surface area contributed by atoms with Gasteiger partial charge in [0, 0.05) is 5.56 Å². The number of ether oxygens (including phenoxy) is 1. The van der Waals surface area contributed by atoms with Crippen LogP contribution in [-0.2, 0) is 6.61 Å². The Morgan fingerprint density at radius 1 is 1.00 bits per heavy atom. The van der Waals surface area contributed by atoms with Crippen molar-refractivity contribution in [2.75, 3.05) is 0 Å². The number of rotatable bonds is 4. The lowest BCUT2D eigenvalue weighted by Crippen LogP contribution is -1.97. The van der Waals surface area contributed by atoms with Gasteiger partial charge in [-0.25, -0.2) is 0 Å². The van der Waals surface area contributed by atoms with Crippen molar-refractivity contribution in [1.82, 2.24) is 0 Å². The Labute approximate surface area is 100.0 Å². The molecule has 3 nitrogen and oxygen atoms in total. The van der Waals surface area contributed by atoms with Gasteiger partial charge in [0.05, 0.1) is 6.21 Å². The van der Waals surface area contributed by atoms with Crippen LogP contribution in [0.4, 0.5) is 0 Å². The van der Waals surface area contributed by atoms with Gasteiger partial charge in [-0.05, 0) is 17.7 Å². The third-order valence-electron chi connectivity index (χ3n) is 2.35. The summed E-state index contributed by atoms with van der Waals surface area (Å²) in [5.41, 5.74) is 1.86. The summed E-state index contributed by atoms with van der Waals surface area (Å²) in [7, 11) is 0. The molecule has 0 aromatic heterocycles. The number of hydrogen-bond acceptors (Lipinski definition) is 3. The number of nitrogens with zero attached hydrogens (tertiary/aromatic N) is 1. The summed E-state index contributed by atoms with van der Waals surface area (Å²) >= 11 is 0. The molecule has 3 heteroatoms. The summed E-state index contributed by atoms with van der Waals surface area (Å²) in [4.78, 5) is 0. The summed E-state index contributed by atoms with van der Waals surface area (Å²) < 4.78 is 5.67. The average Bonchev–Trinajstić information content (AvgIpc) is 2.39. The molecule has 17 heavy (non-hydrogen) atoms. The average molecular weight is 227 g/mol. The molecule has 0 saturated carbocycles. The molecule has 0 aliphatic rings. The van der Waals surface area contributed by atoms with Crippen molar-refractivity contribution < 1.29 is 9.94 Å². The fourth-order valence-electron chi connectivity index (χ4n) is 1.52. The first-order valence-corrected chi connectivity index (χ1v) is 5.33. The van der Waals surface area contributed by atoms with Crippen LogP contribution < -0.4 is 4.74 Å². The molecule has 0 amide bonds. The highest BCUT2D eigenvalue weighted by molar-refractivity contribution is 5.82. The maximum atomic E-state index is 8.54. The van der Waals surface area contributed by atoms with E-state index < -0.39 is 0 Å². The Hall–Kier alpha value is -2.29. The molecule has 0 unspecified atom stereocenters. The van der Waals surface area contributed by atoms with Crippen molar-refractivity contribution in [3.63, 3.8) is 0 Å². The molecular formula is C14H13NO2. The second-order valence-corrected chi connectivity index (χ2v) is 3.56. The van der Waals surface area contributed by atoms with E-state index in [-0.39, 0.29) is 0 Å². The Balaban J connectivity index is 2.09. The molecule has 1 N–H and O–H groups in total. The van der Waals surface area contributed by atoms with E-state index in [4.69, 9.17) is 9.94 Å². The lowest BCUT2D eigenvalue weighted by Gasteiger charge is -2.08. The zero-order chi connectivity index (χ0) is 11.9. The molecule has 2 aromatic rings. The van der Waals surface area contributed by atoms with Gasteiger partial charge in [0.2, 0.25) is 0 Å². The van der Waals surface area contributed by atoms with Crippen molar-refractivity contribution in [2.24, 2.45) is 5.16 Å². The Morgan fingerprint density at radius 2 is 1.71 bits per heavy atom. The van der Waals surface area contributed by atoms with E-state index >= 15 is 0 Å². The number of hydrogen-bond donors (Lipinski definition) is 1. The monoisotopic (exact) mass is 227 g/mol. The van der Waals surface area contributed by atoms with Gasteiger partial charge >= 0.3 is 0 Å². The summed E-state index contributed by atoms with van der Waals surface area (Å²) in [5.74, 6) is 0.703. The predicted molar refractivity (Wildman–Crippen MR) is 66.6 cm³/mol. The van der Waals surface area contributed by atoms with Crippen molar-refractivity contribution in [2.45, 2.75) is 6.61 Å². The maximum Gasteiger partial charge on any atom is 0.128 e. The first kappa shape index (κ1) is 11.2. The van der Waals surface area contributed by atoms with E-state index in [1.807, 2.05) is 54.6 Å². The Morgan fingerprint density at radius 3 is 2.47 bits per heavy atom. The second-order valence-electron chi connectivity index (χ2n) is 3.56. The van der Waals surface area contributed by atoms with Gasteiger partial charge in [-0.15, -0.1) is 0 Å². The molecule has 0 bridgehead atoms. The van der Waals surface area contributed by atoms with E-state index in [0.717, 1.165) is 11.1 Å². The number of oxime groups is 1. The van der Waals surface area contributed by atoms with E-state index in [2.05, 4.69) is 5.16 Å². The SMILES string of the molecule is O/N=C\c1ccccc1OCc1ccccc1. The lowest BCUT2D eigenvalue weighted by molar-refractivity contribution is 0.304. The lowest BCUT2D eigenvalue weighted by atomic mass is 10.2. The molecular weight excluding hydrogens is 214 g/mol. The molecule has 0 aliphatic carbocycles. The van der Waals surface area contributed by atoms with Gasteiger partial charge in [-0.1, -0.05) is 47.6 Å². The van der Waals surface area contributed by atoms with E-state index in [1.165, 1.54) is 6.21 Å². The summed E-state index contributed by atoms with van der Waals surface area (Å²) in [5, 5.41) is 11.6. The van der Waals surface area contributed by atoms with Gasteiger partial charge in [-0.2, -0.15) is 0 Å². The molecule has 0 atom stereocenters.